The summed E-state index contributed by atoms with van der Waals surface area (Å²) in [6, 6.07) is 0. The minimum atomic E-state index is -1.19. The monoisotopic (exact) mass is 183 g/mol. The van der Waals surface area contributed by atoms with Crippen LogP contribution in [0.4, 0.5) is 0 Å². The summed E-state index contributed by atoms with van der Waals surface area (Å²) in [4.78, 5) is 13.5. The Morgan fingerprint density at radius 2 is 2.00 bits per heavy atom. The summed E-state index contributed by atoms with van der Waals surface area (Å²) in [6.45, 7) is 4.83. The summed E-state index contributed by atoms with van der Waals surface area (Å²) in [5, 5.41) is 9.55. The number of carbonyl (C=O) groups excluding carboxylic acids is 1. The Hall–Kier alpha value is -0.570. The van der Waals surface area contributed by atoms with E-state index < -0.39 is 5.60 Å². The van der Waals surface area contributed by atoms with Gasteiger partial charge in [-0.2, -0.15) is 0 Å². The average molecular weight is 183 g/mol. The summed E-state index contributed by atoms with van der Waals surface area (Å²) in [6.07, 6.45) is 3.67. The number of rotatable bonds is 1. The third kappa shape index (κ3) is 1.57. The molecule has 0 aromatic heterocycles. The zero-order valence-electron chi connectivity index (χ0n) is 8.34. The van der Waals surface area contributed by atoms with Crippen LogP contribution in [0.25, 0.3) is 0 Å². The van der Waals surface area contributed by atoms with Gasteiger partial charge in [0.25, 0.3) is 5.91 Å². The molecule has 0 bridgehead atoms. The first-order valence-electron chi connectivity index (χ1n) is 4.95. The first-order valence-corrected chi connectivity index (χ1v) is 4.95. The van der Waals surface area contributed by atoms with Gasteiger partial charge >= 0.3 is 0 Å². The summed E-state index contributed by atoms with van der Waals surface area (Å²) in [5.74, 6) is -0.115. The zero-order chi connectivity index (χ0) is 9.69. The molecule has 1 saturated carbocycles. The highest BCUT2D eigenvalue weighted by Gasteiger charge is 2.50. The van der Waals surface area contributed by atoms with Crippen molar-refractivity contribution < 1.29 is 9.90 Å². The van der Waals surface area contributed by atoms with E-state index in [2.05, 4.69) is 0 Å². The smallest absolute Gasteiger partial charge is 0.253 e. The van der Waals surface area contributed by atoms with Gasteiger partial charge in [0.2, 0.25) is 0 Å². The minimum absolute atomic E-state index is 0.115. The van der Waals surface area contributed by atoms with Crippen molar-refractivity contribution in [1.29, 1.82) is 0 Å². The molecule has 0 radical (unpaired) electrons. The van der Waals surface area contributed by atoms with Crippen LogP contribution in [0.2, 0.25) is 0 Å². The molecule has 0 aromatic rings. The number of nitrogens with zero attached hydrogens (tertiary/aromatic N) is 1. The Morgan fingerprint density at radius 3 is 2.38 bits per heavy atom. The molecule has 2 rings (SSSR count). The van der Waals surface area contributed by atoms with Crippen LogP contribution in [0, 0.1) is 5.41 Å². The Bertz CT molecular complexity index is 238. The quantitative estimate of drug-likeness (QED) is 0.652. The minimum Gasteiger partial charge on any atom is -0.381 e. The number of amides is 1. The van der Waals surface area contributed by atoms with Crippen LogP contribution >= 0.6 is 0 Å². The van der Waals surface area contributed by atoms with E-state index in [1.807, 2.05) is 4.90 Å². The van der Waals surface area contributed by atoms with Crippen LogP contribution in [0.15, 0.2) is 0 Å². The molecule has 2 fully saturated rings. The van der Waals surface area contributed by atoms with Gasteiger partial charge in [-0.15, -0.1) is 0 Å². The van der Waals surface area contributed by atoms with Gasteiger partial charge in [0, 0.05) is 13.1 Å². The first-order chi connectivity index (χ1) is 5.93. The van der Waals surface area contributed by atoms with Crippen LogP contribution in [0.3, 0.4) is 0 Å². The maximum absolute atomic E-state index is 11.7. The third-order valence-electron chi connectivity index (χ3n) is 3.21. The second-order valence-electron chi connectivity index (χ2n) is 5.04. The Balaban J connectivity index is 1.99. The number of likely N-dealkylation sites (tertiary alicyclic amines) is 1. The number of aliphatic hydroxyl groups is 1. The van der Waals surface area contributed by atoms with E-state index in [9.17, 15) is 9.90 Å². The second kappa shape index (κ2) is 2.47. The van der Waals surface area contributed by atoms with Gasteiger partial charge in [-0.25, -0.2) is 0 Å². The molecule has 1 saturated heterocycles. The third-order valence-corrected chi connectivity index (χ3v) is 3.21. The molecule has 13 heavy (non-hydrogen) atoms. The van der Waals surface area contributed by atoms with Crippen LogP contribution in [-0.2, 0) is 4.79 Å². The highest BCUT2D eigenvalue weighted by atomic mass is 16.3. The topological polar surface area (TPSA) is 40.5 Å². The highest BCUT2D eigenvalue weighted by molar-refractivity contribution is 5.84. The van der Waals surface area contributed by atoms with Crippen molar-refractivity contribution in [2.24, 2.45) is 5.41 Å². The first kappa shape index (κ1) is 9.00. The number of carbonyl (C=O) groups is 1. The number of hydrogen-bond donors (Lipinski definition) is 1. The SMILES string of the molecule is CC(C)(O)C(=O)N1CCC2(CC2)C1. The molecular formula is C10H17NO2. The molecule has 0 unspecified atom stereocenters. The largest absolute Gasteiger partial charge is 0.381 e. The highest BCUT2D eigenvalue weighted by Crippen LogP contribution is 2.52. The van der Waals surface area contributed by atoms with E-state index in [0.717, 1.165) is 19.5 Å². The van der Waals surface area contributed by atoms with E-state index in [1.165, 1.54) is 12.8 Å². The molecule has 1 heterocycles. The molecule has 2 aliphatic rings. The fourth-order valence-electron chi connectivity index (χ4n) is 2.08. The molecule has 1 spiro atoms. The molecule has 1 N–H and O–H groups in total. The predicted octanol–water partition coefficient (Wildman–Crippen LogP) is 0.770. The van der Waals surface area contributed by atoms with Gasteiger partial charge in [-0.3, -0.25) is 4.79 Å². The maximum Gasteiger partial charge on any atom is 0.253 e. The van der Waals surface area contributed by atoms with Crippen molar-refractivity contribution >= 4 is 5.91 Å². The van der Waals surface area contributed by atoms with Crippen molar-refractivity contribution in [1.82, 2.24) is 4.90 Å². The molecule has 0 atom stereocenters. The van der Waals surface area contributed by atoms with Crippen LogP contribution in [0.1, 0.15) is 33.1 Å². The predicted molar refractivity (Wildman–Crippen MR) is 49.2 cm³/mol. The zero-order valence-corrected chi connectivity index (χ0v) is 8.34. The average Bonchev–Trinajstić information content (AvgIpc) is 2.59. The Morgan fingerprint density at radius 1 is 1.38 bits per heavy atom. The van der Waals surface area contributed by atoms with Crippen molar-refractivity contribution in [2.45, 2.75) is 38.7 Å². The van der Waals surface area contributed by atoms with Gasteiger partial charge in [0.1, 0.15) is 5.60 Å². The maximum atomic E-state index is 11.7. The second-order valence-corrected chi connectivity index (χ2v) is 5.04. The van der Waals surface area contributed by atoms with Crippen LogP contribution in [0.5, 0.6) is 0 Å². The van der Waals surface area contributed by atoms with Gasteiger partial charge in [-0.1, -0.05) is 0 Å². The molecular weight excluding hydrogens is 166 g/mol. The van der Waals surface area contributed by atoms with E-state index in [1.54, 1.807) is 13.8 Å². The van der Waals surface area contributed by atoms with Gasteiger partial charge in [0.15, 0.2) is 0 Å². The van der Waals surface area contributed by atoms with Crippen molar-refractivity contribution in [3.63, 3.8) is 0 Å². The summed E-state index contributed by atoms with van der Waals surface area (Å²) < 4.78 is 0. The van der Waals surface area contributed by atoms with Crippen molar-refractivity contribution in [2.75, 3.05) is 13.1 Å². The molecule has 1 aliphatic carbocycles. The lowest BCUT2D eigenvalue weighted by atomic mass is 10.1. The normalized spacial score (nSPS) is 25.3. The van der Waals surface area contributed by atoms with Gasteiger partial charge in [-0.05, 0) is 38.5 Å². The molecule has 1 aliphatic heterocycles. The van der Waals surface area contributed by atoms with E-state index >= 15 is 0 Å². The summed E-state index contributed by atoms with van der Waals surface area (Å²) in [5.41, 5.74) is -0.735. The molecule has 3 heteroatoms. The molecule has 1 amide bonds. The van der Waals surface area contributed by atoms with Crippen molar-refractivity contribution in [3.8, 4) is 0 Å². The Kier molecular flexibility index (Phi) is 1.71. The van der Waals surface area contributed by atoms with Crippen LogP contribution < -0.4 is 0 Å². The van der Waals surface area contributed by atoms with E-state index in [0.29, 0.717) is 5.41 Å². The molecule has 3 nitrogen and oxygen atoms in total. The van der Waals surface area contributed by atoms with Crippen molar-refractivity contribution in [3.05, 3.63) is 0 Å². The standard InChI is InChI=1S/C10H17NO2/c1-9(2,13)8(12)11-6-5-10(7-11)3-4-10/h13H,3-7H2,1-2H3. The van der Waals surface area contributed by atoms with Crippen LogP contribution in [-0.4, -0.2) is 34.6 Å². The Labute approximate surface area is 78.7 Å². The lowest BCUT2D eigenvalue weighted by Gasteiger charge is -2.24. The molecule has 74 valence electrons. The fraction of sp³-hybridized carbons (Fsp3) is 0.900. The van der Waals surface area contributed by atoms with Gasteiger partial charge < -0.3 is 10.0 Å². The summed E-state index contributed by atoms with van der Waals surface area (Å²) >= 11 is 0. The molecule has 0 aromatic carbocycles. The van der Waals surface area contributed by atoms with E-state index in [4.69, 9.17) is 0 Å². The summed E-state index contributed by atoms with van der Waals surface area (Å²) in [7, 11) is 0. The lowest BCUT2D eigenvalue weighted by molar-refractivity contribution is -0.146. The number of hydrogen-bond acceptors (Lipinski definition) is 2. The van der Waals surface area contributed by atoms with Gasteiger partial charge in [0.05, 0.1) is 0 Å². The fourth-order valence-corrected chi connectivity index (χ4v) is 2.08. The lowest BCUT2D eigenvalue weighted by Crippen LogP contribution is -2.44. The van der Waals surface area contributed by atoms with E-state index in [-0.39, 0.29) is 5.91 Å².